The van der Waals surface area contributed by atoms with E-state index in [0.29, 0.717) is 12.3 Å². The van der Waals surface area contributed by atoms with Crippen molar-refractivity contribution in [2.75, 3.05) is 38.7 Å². The molecule has 0 aliphatic carbocycles. The van der Waals surface area contributed by atoms with Gasteiger partial charge >= 0.3 is 0 Å². The van der Waals surface area contributed by atoms with Gasteiger partial charge < -0.3 is 24.4 Å². The van der Waals surface area contributed by atoms with E-state index >= 15 is 0 Å². The predicted molar refractivity (Wildman–Crippen MR) is 174 cm³/mol. The highest BCUT2D eigenvalue weighted by Crippen LogP contribution is 2.37. The highest BCUT2D eigenvalue weighted by Gasteiger charge is 2.34. The fourth-order valence-electron chi connectivity index (χ4n) is 4.38. The number of sulfonamides is 1. The van der Waals surface area contributed by atoms with Crippen molar-refractivity contribution in [1.29, 1.82) is 0 Å². The van der Waals surface area contributed by atoms with Crippen LogP contribution in [0, 0.1) is 0 Å². The van der Waals surface area contributed by atoms with Crippen molar-refractivity contribution in [2.45, 2.75) is 44.2 Å². The fraction of sp³-hybridized carbons (Fsp3) is 0.355. The van der Waals surface area contributed by atoms with Crippen molar-refractivity contribution < 1.29 is 32.2 Å². The normalized spacial score (nSPS) is 11.8. The lowest BCUT2D eigenvalue weighted by Crippen LogP contribution is -2.51. The van der Waals surface area contributed by atoms with E-state index in [-0.39, 0.29) is 39.6 Å². The summed E-state index contributed by atoms with van der Waals surface area (Å²) in [5, 5.41) is 3.10. The van der Waals surface area contributed by atoms with Gasteiger partial charge in [0.1, 0.15) is 18.3 Å². The van der Waals surface area contributed by atoms with Crippen LogP contribution in [0.15, 0.2) is 70.0 Å². The summed E-state index contributed by atoms with van der Waals surface area (Å²) in [4.78, 5) is 28.5. The number of carbonyl (C=O) groups excluding carboxylic acids is 2. The van der Waals surface area contributed by atoms with Gasteiger partial charge in [0.2, 0.25) is 11.8 Å². The summed E-state index contributed by atoms with van der Waals surface area (Å²) in [5.41, 5.74) is 0.802. The average molecular weight is 711 g/mol. The minimum atomic E-state index is -4.43. The molecule has 0 fully saturated rings. The number of anilines is 1. The minimum absolute atomic E-state index is 0.0479. The van der Waals surface area contributed by atoms with Crippen LogP contribution in [-0.4, -0.2) is 65.6 Å². The van der Waals surface area contributed by atoms with E-state index in [0.717, 1.165) is 27.2 Å². The van der Waals surface area contributed by atoms with E-state index < -0.39 is 28.5 Å². The molecule has 44 heavy (non-hydrogen) atoms. The zero-order valence-corrected chi connectivity index (χ0v) is 28.5. The maximum absolute atomic E-state index is 14.3. The Morgan fingerprint density at radius 2 is 1.57 bits per heavy atom. The second kappa shape index (κ2) is 16.0. The first-order valence-corrected chi connectivity index (χ1v) is 16.5. The first-order chi connectivity index (χ1) is 21.0. The Kier molecular flexibility index (Phi) is 12.7. The topological polar surface area (TPSA) is 114 Å². The van der Waals surface area contributed by atoms with Crippen LogP contribution in [0.2, 0.25) is 5.02 Å². The molecule has 0 saturated carbocycles. The summed E-state index contributed by atoms with van der Waals surface area (Å²) in [6, 6.07) is 15.0. The summed E-state index contributed by atoms with van der Waals surface area (Å²) in [7, 11) is -0.210. The highest BCUT2D eigenvalue weighted by atomic mass is 79.9. The number of ether oxygens (including phenoxy) is 3. The lowest BCUT2D eigenvalue weighted by Gasteiger charge is -2.32. The largest absolute Gasteiger partial charge is 0.495 e. The summed E-state index contributed by atoms with van der Waals surface area (Å²) in [5.74, 6) is -0.267. The van der Waals surface area contributed by atoms with Crippen molar-refractivity contribution in [2.24, 2.45) is 0 Å². The molecule has 3 aromatic rings. The number of nitrogens with zero attached hydrogens (tertiary/aromatic N) is 2. The Labute approximate surface area is 272 Å². The Hall–Kier alpha value is -3.48. The Morgan fingerprint density at radius 3 is 2.18 bits per heavy atom. The molecule has 13 heteroatoms. The number of unbranched alkanes of at least 4 members (excludes halogenated alkanes) is 1. The van der Waals surface area contributed by atoms with Crippen molar-refractivity contribution in [3.05, 3.63) is 75.7 Å². The van der Waals surface area contributed by atoms with E-state index in [1.807, 2.05) is 31.2 Å². The molecule has 0 aliphatic rings. The second-order valence-corrected chi connectivity index (χ2v) is 13.0. The number of benzene rings is 3. The third-order valence-corrected chi connectivity index (χ3v) is 9.41. The summed E-state index contributed by atoms with van der Waals surface area (Å²) in [6.45, 7) is 3.49. The van der Waals surface area contributed by atoms with Gasteiger partial charge in [-0.05, 0) is 61.4 Å². The molecule has 3 aromatic carbocycles. The third-order valence-electron chi connectivity index (χ3n) is 6.89. The molecule has 1 unspecified atom stereocenters. The number of nitrogens with one attached hydrogen (secondary N) is 1. The van der Waals surface area contributed by atoms with Crippen LogP contribution in [0.25, 0.3) is 0 Å². The maximum atomic E-state index is 14.3. The molecular formula is C31H37BrClN3O7S. The van der Waals surface area contributed by atoms with Gasteiger partial charge in [0, 0.05) is 28.7 Å². The standard InChI is InChI=1S/C31H37BrClN3O7S/c1-6-7-16-34-31(38)21(2)35(19-22-8-10-23(32)11-9-22)30(37)20-36(26-17-24(33)12-14-27(26)41-3)44(39,40)25-13-15-28(42-4)29(18-25)43-5/h8-15,17-18,21H,6-7,16,19-20H2,1-5H3,(H,34,38). The highest BCUT2D eigenvalue weighted by molar-refractivity contribution is 9.10. The summed E-state index contributed by atoms with van der Waals surface area (Å²) >= 11 is 9.72. The number of methoxy groups -OCH3 is 3. The molecule has 0 radical (unpaired) electrons. The number of halogens is 2. The molecule has 3 rings (SSSR count). The van der Waals surface area contributed by atoms with Gasteiger partial charge in [-0.15, -0.1) is 0 Å². The Bertz CT molecular complexity index is 1550. The molecule has 0 bridgehead atoms. The van der Waals surface area contributed by atoms with Crippen molar-refractivity contribution in [3.8, 4) is 17.2 Å². The van der Waals surface area contributed by atoms with Crippen molar-refractivity contribution >= 4 is 55.1 Å². The zero-order chi connectivity index (χ0) is 32.4. The predicted octanol–water partition coefficient (Wildman–Crippen LogP) is 5.66. The van der Waals surface area contributed by atoms with E-state index in [9.17, 15) is 18.0 Å². The number of hydrogen-bond acceptors (Lipinski definition) is 7. The average Bonchev–Trinajstić information content (AvgIpc) is 3.02. The fourth-order valence-corrected chi connectivity index (χ4v) is 6.24. The number of carbonyl (C=O) groups is 2. The molecule has 238 valence electrons. The molecule has 0 saturated heterocycles. The van der Waals surface area contributed by atoms with E-state index in [4.69, 9.17) is 25.8 Å². The number of hydrogen-bond donors (Lipinski definition) is 1. The monoisotopic (exact) mass is 709 g/mol. The van der Waals surface area contributed by atoms with Gasteiger partial charge in [0.15, 0.2) is 11.5 Å². The van der Waals surface area contributed by atoms with Gasteiger partial charge in [0.25, 0.3) is 10.0 Å². The van der Waals surface area contributed by atoms with Crippen LogP contribution >= 0.6 is 27.5 Å². The van der Waals surface area contributed by atoms with Crippen LogP contribution in [0.3, 0.4) is 0 Å². The van der Waals surface area contributed by atoms with Gasteiger partial charge in [-0.3, -0.25) is 13.9 Å². The van der Waals surface area contributed by atoms with E-state index in [2.05, 4.69) is 21.2 Å². The minimum Gasteiger partial charge on any atom is -0.495 e. The lowest BCUT2D eigenvalue weighted by atomic mass is 10.1. The smallest absolute Gasteiger partial charge is 0.265 e. The van der Waals surface area contributed by atoms with Crippen LogP contribution < -0.4 is 23.8 Å². The molecule has 0 aliphatic heterocycles. The van der Waals surface area contributed by atoms with Gasteiger partial charge in [0.05, 0.1) is 31.9 Å². The molecule has 1 N–H and O–H groups in total. The molecule has 0 heterocycles. The number of amides is 2. The van der Waals surface area contributed by atoms with Crippen molar-refractivity contribution in [1.82, 2.24) is 10.2 Å². The molecule has 2 amide bonds. The summed E-state index contributed by atoms with van der Waals surface area (Å²) in [6.07, 6.45) is 1.67. The lowest BCUT2D eigenvalue weighted by molar-refractivity contribution is -0.139. The Balaban J connectivity index is 2.11. The maximum Gasteiger partial charge on any atom is 0.265 e. The van der Waals surface area contributed by atoms with E-state index in [1.54, 1.807) is 13.0 Å². The SMILES string of the molecule is CCCCNC(=O)C(C)N(Cc1ccc(Br)cc1)C(=O)CN(c1cc(Cl)ccc1OC)S(=O)(=O)c1ccc(OC)c(OC)c1. The Morgan fingerprint density at radius 1 is 0.932 bits per heavy atom. The van der Waals surface area contributed by atoms with Crippen LogP contribution in [-0.2, 0) is 26.2 Å². The first-order valence-electron chi connectivity index (χ1n) is 13.9. The van der Waals surface area contributed by atoms with Gasteiger partial charge in [-0.25, -0.2) is 8.42 Å². The van der Waals surface area contributed by atoms with E-state index in [1.165, 1.54) is 56.6 Å². The second-order valence-electron chi connectivity index (χ2n) is 9.81. The number of rotatable bonds is 15. The molecular weight excluding hydrogens is 674 g/mol. The quantitative estimate of drug-likeness (QED) is 0.203. The van der Waals surface area contributed by atoms with Crippen LogP contribution in [0.5, 0.6) is 17.2 Å². The summed E-state index contributed by atoms with van der Waals surface area (Å²) < 4.78 is 46.4. The first kappa shape index (κ1) is 35.0. The molecule has 0 spiro atoms. The molecule has 10 nitrogen and oxygen atoms in total. The molecule has 0 aromatic heterocycles. The van der Waals surface area contributed by atoms with Gasteiger partial charge in [-0.1, -0.05) is 53.0 Å². The van der Waals surface area contributed by atoms with Crippen LogP contribution in [0.1, 0.15) is 32.3 Å². The van der Waals surface area contributed by atoms with Gasteiger partial charge in [-0.2, -0.15) is 0 Å². The zero-order valence-electron chi connectivity index (χ0n) is 25.3. The third kappa shape index (κ3) is 8.58. The van der Waals surface area contributed by atoms with Crippen LogP contribution in [0.4, 0.5) is 5.69 Å². The van der Waals surface area contributed by atoms with Crippen molar-refractivity contribution in [3.63, 3.8) is 0 Å². The molecule has 1 atom stereocenters.